The molecule has 0 radical (unpaired) electrons. The zero-order valence-corrected chi connectivity index (χ0v) is 19.4. The molecule has 1 aromatic carbocycles. The Bertz CT molecular complexity index is 1290. The molecule has 1 unspecified atom stereocenters. The van der Waals surface area contributed by atoms with Crippen LogP contribution in [0.4, 0.5) is 26.2 Å². The zero-order valence-electron chi connectivity index (χ0n) is 18.6. The van der Waals surface area contributed by atoms with Crippen LogP contribution < -0.4 is 15.4 Å². The molecule has 1 atom stereocenters. The van der Waals surface area contributed by atoms with Gasteiger partial charge in [0.15, 0.2) is 17.5 Å². The van der Waals surface area contributed by atoms with Crippen LogP contribution in [0, 0.1) is 11.6 Å². The third-order valence-electron chi connectivity index (χ3n) is 6.07. The molecule has 2 aromatic heterocycles. The second-order valence-corrected chi connectivity index (χ2v) is 11.0. The minimum Gasteiger partial charge on any atom is -0.363 e. The number of pyridine rings is 1. The highest BCUT2D eigenvalue weighted by atomic mass is 32.2. The summed E-state index contributed by atoms with van der Waals surface area (Å²) in [6, 6.07) is 8.82. The number of anilines is 3. The number of nitrogens with zero attached hydrogens (tertiary/aromatic N) is 2. The number of halogens is 2. The van der Waals surface area contributed by atoms with Crippen molar-refractivity contribution in [3.8, 4) is 0 Å². The van der Waals surface area contributed by atoms with Crippen LogP contribution >= 0.6 is 0 Å². The van der Waals surface area contributed by atoms with Gasteiger partial charge in [0.1, 0.15) is 11.6 Å². The third-order valence-corrected chi connectivity index (χ3v) is 7.96. The van der Waals surface area contributed by atoms with Gasteiger partial charge >= 0.3 is 0 Å². The lowest BCUT2D eigenvalue weighted by atomic mass is 10.1. The van der Waals surface area contributed by atoms with E-state index in [1.807, 2.05) is 13.0 Å². The molecule has 0 amide bonds. The Labute approximate surface area is 196 Å². The summed E-state index contributed by atoms with van der Waals surface area (Å²) in [6.07, 6.45) is 3.47. The van der Waals surface area contributed by atoms with Crippen LogP contribution in [0.1, 0.15) is 61.4 Å². The monoisotopic (exact) mass is 488 g/mol. The fraction of sp³-hybridized carbons (Fsp3) is 0.391. The van der Waals surface area contributed by atoms with Crippen LogP contribution in [-0.2, 0) is 16.6 Å². The molecule has 2 aliphatic carbocycles. The number of benzene rings is 1. The quantitative estimate of drug-likeness (QED) is 0.335. The van der Waals surface area contributed by atoms with E-state index < -0.39 is 15.8 Å². The van der Waals surface area contributed by atoms with Crippen molar-refractivity contribution in [2.75, 3.05) is 10.6 Å². The lowest BCUT2D eigenvalue weighted by Crippen LogP contribution is -2.27. The van der Waals surface area contributed by atoms with Gasteiger partial charge in [0.25, 0.3) is 0 Å². The lowest BCUT2D eigenvalue weighted by molar-refractivity contribution is 0.578. The minimum absolute atomic E-state index is 0.0311. The van der Waals surface area contributed by atoms with Crippen LogP contribution in [0.5, 0.6) is 0 Å². The summed E-state index contributed by atoms with van der Waals surface area (Å²) in [4.78, 5) is 4.42. The SMILES string of the molecule is CC(Nc1nc(Nc2cc(C3CC3)[nH]n2)c(F)cc1CNS(=O)(=O)C1CC1)c1ccc(F)cc1. The van der Waals surface area contributed by atoms with E-state index in [9.17, 15) is 17.2 Å². The standard InChI is InChI=1S/C23H26F2N6O2S/c1-13(14-4-6-17(24)7-5-14)27-22-16(12-26-34(32,33)18-8-9-18)10-19(25)23(29-22)28-21-11-20(30-31-21)15-2-3-15/h4-7,10-11,13,15,18,26H,2-3,8-9,12H2,1H3,(H3,27,28,29,30,31). The highest BCUT2D eigenvalue weighted by Gasteiger charge is 2.35. The molecule has 5 rings (SSSR count). The summed E-state index contributed by atoms with van der Waals surface area (Å²) in [7, 11) is -3.46. The summed E-state index contributed by atoms with van der Waals surface area (Å²) in [5.74, 6) is 0.233. The molecule has 0 spiro atoms. The van der Waals surface area contributed by atoms with Crippen molar-refractivity contribution >= 4 is 27.5 Å². The molecule has 3 aromatic rings. The third kappa shape index (κ3) is 5.20. The highest BCUT2D eigenvalue weighted by Crippen LogP contribution is 2.39. The maximum Gasteiger partial charge on any atom is 0.214 e. The van der Waals surface area contributed by atoms with Gasteiger partial charge in [-0.2, -0.15) is 5.10 Å². The van der Waals surface area contributed by atoms with Crippen LogP contribution in [0.15, 0.2) is 36.4 Å². The Hall–Kier alpha value is -3.05. The summed E-state index contributed by atoms with van der Waals surface area (Å²) < 4.78 is 55.5. The Morgan fingerprint density at radius 3 is 2.50 bits per heavy atom. The molecule has 2 saturated carbocycles. The van der Waals surface area contributed by atoms with Crippen LogP contribution in [0.25, 0.3) is 0 Å². The van der Waals surface area contributed by atoms with E-state index >= 15 is 0 Å². The average molecular weight is 489 g/mol. The summed E-state index contributed by atoms with van der Waals surface area (Å²) in [5.41, 5.74) is 2.16. The number of H-pyrrole nitrogens is 1. The predicted molar refractivity (Wildman–Crippen MR) is 125 cm³/mol. The molecule has 2 fully saturated rings. The van der Waals surface area contributed by atoms with Crippen LogP contribution in [0.2, 0.25) is 0 Å². The molecule has 2 heterocycles. The fourth-order valence-electron chi connectivity index (χ4n) is 3.71. The van der Waals surface area contributed by atoms with Crippen molar-refractivity contribution in [3.05, 3.63) is 64.9 Å². The van der Waals surface area contributed by atoms with Gasteiger partial charge in [-0.15, -0.1) is 0 Å². The molecule has 11 heteroatoms. The summed E-state index contributed by atoms with van der Waals surface area (Å²) in [5, 5.41) is 12.9. The van der Waals surface area contributed by atoms with Gasteiger partial charge in [-0.25, -0.2) is 26.9 Å². The summed E-state index contributed by atoms with van der Waals surface area (Å²) >= 11 is 0. The second-order valence-electron chi connectivity index (χ2n) is 8.92. The van der Waals surface area contributed by atoms with Crippen LogP contribution in [-0.4, -0.2) is 28.8 Å². The number of hydrogen-bond donors (Lipinski definition) is 4. The molecule has 8 nitrogen and oxygen atoms in total. The Balaban J connectivity index is 1.41. The number of aromatic amines is 1. The van der Waals surface area contributed by atoms with Crippen molar-refractivity contribution in [2.45, 2.75) is 56.4 Å². The molecular formula is C23H26F2N6O2S. The van der Waals surface area contributed by atoms with Crippen molar-refractivity contribution in [1.29, 1.82) is 0 Å². The number of hydrogen-bond acceptors (Lipinski definition) is 6. The Morgan fingerprint density at radius 1 is 1.09 bits per heavy atom. The highest BCUT2D eigenvalue weighted by molar-refractivity contribution is 7.90. The number of nitrogens with one attached hydrogen (secondary N) is 4. The molecule has 2 aliphatic rings. The number of sulfonamides is 1. The zero-order chi connectivity index (χ0) is 23.9. The van der Waals surface area contributed by atoms with Crippen molar-refractivity contribution in [1.82, 2.24) is 19.9 Å². The van der Waals surface area contributed by atoms with Gasteiger partial charge in [-0.3, -0.25) is 5.10 Å². The van der Waals surface area contributed by atoms with E-state index in [-0.39, 0.29) is 29.5 Å². The predicted octanol–water partition coefficient (Wildman–Crippen LogP) is 4.46. The first-order valence-electron chi connectivity index (χ1n) is 11.3. The van der Waals surface area contributed by atoms with Gasteiger partial charge in [-0.05, 0) is 56.4 Å². The van der Waals surface area contributed by atoms with Gasteiger partial charge in [0.05, 0.1) is 5.25 Å². The molecule has 4 N–H and O–H groups in total. The van der Waals surface area contributed by atoms with Gasteiger partial charge in [-0.1, -0.05) is 12.1 Å². The smallest absolute Gasteiger partial charge is 0.214 e. The van der Waals surface area contributed by atoms with E-state index in [1.165, 1.54) is 18.2 Å². The van der Waals surface area contributed by atoms with Crippen LogP contribution in [0.3, 0.4) is 0 Å². The Kier molecular flexibility index (Phi) is 5.98. The molecule has 0 aliphatic heterocycles. The van der Waals surface area contributed by atoms with E-state index in [0.717, 1.165) is 24.1 Å². The molecule has 0 saturated heterocycles. The largest absolute Gasteiger partial charge is 0.363 e. The Morgan fingerprint density at radius 2 is 1.82 bits per heavy atom. The average Bonchev–Trinajstić information content (AvgIpc) is 3.73. The summed E-state index contributed by atoms with van der Waals surface area (Å²) in [6.45, 7) is 1.76. The van der Waals surface area contributed by atoms with Gasteiger partial charge < -0.3 is 10.6 Å². The first-order chi connectivity index (χ1) is 16.3. The molecule has 0 bridgehead atoms. The molecule has 180 valence electrons. The molecule has 34 heavy (non-hydrogen) atoms. The fourth-order valence-corrected chi connectivity index (χ4v) is 5.06. The second kappa shape index (κ2) is 8.95. The minimum atomic E-state index is -3.46. The number of rotatable bonds is 10. The topological polar surface area (TPSA) is 112 Å². The van der Waals surface area contributed by atoms with E-state index in [0.29, 0.717) is 36.0 Å². The van der Waals surface area contributed by atoms with E-state index in [4.69, 9.17) is 0 Å². The van der Waals surface area contributed by atoms with Crippen molar-refractivity contribution < 1.29 is 17.2 Å². The van der Waals surface area contributed by atoms with Crippen molar-refractivity contribution in [3.63, 3.8) is 0 Å². The lowest BCUT2D eigenvalue weighted by Gasteiger charge is -2.19. The van der Waals surface area contributed by atoms with E-state index in [1.54, 1.807) is 12.1 Å². The van der Waals surface area contributed by atoms with Gasteiger partial charge in [0, 0.05) is 35.8 Å². The maximum absolute atomic E-state index is 15.0. The normalized spacial score (nSPS) is 16.9. The first-order valence-corrected chi connectivity index (χ1v) is 12.9. The number of aromatic nitrogens is 3. The first kappa shape index (κ1) is 22.7. The van der Waals surface area contributed by atoms with E-state index in [2.05, 4.69) is 30.5 Å². The molecular weight excluding hydrogens is 462 g/mol. The maximum atomic E-state index is 15.0. The van der Waals surface area contributed by atoms with Crippen molar-refractivity contribution in [2.24, 2.45) is 0 Å². The van der Waals surface area contributed by atoms with Gasteiger partial charge in [0.2, 0.25) is 10.0 Å².